The Bertz CT molecular complexity index is 793. The number of nitrogens with one attached hydrogen (secondary N) is 2. The van der Waals surface area contributed by atoms with Gasteiger partial charge in [0.2, 0.25) is 0 Å². The first-order valence-electron chi connectivity index (χ1n) is 6.44. The third-order valence-corrected chi connectivity index (χ3v) is 3.87. The number of fused-ring (bicyclic) bond motifs is 1. The summed E-state index contributed by atoms with van der Waals surface area (Å²) in [5.74, 6) is 2.24. The van der Waals surface area contributed by atoms with E-state index >= 15 is 0 Å². The molecule has 0 aliphatic rings. The van der Waals surface area contributed by atoms with Crippen molar-refractivity contribution in [1.29, 1.82) is 0 Å². The summed E-state index contributed by atoms with van der Waals surface area (Å²) in [7, 11) is 1.57. The van der Waals surface area contributed by atoms with Crippen molar-refractivity contribution >= 4 is 33.3 Å². The number of amides is 1. The Morgan fingerprint density at radius 3 is 3.00 bits per heavy atom. The van der Waals surface area contributed by atoms with Crippen molar-refractivity contribution in [2.45, 2.75) is 13.5 Å². The topological polar surface area (TPSA) is 80.0 Å². The van der Waals surface area contributed by atoms with Gasteiger partial charge in [-0.25, -0.2) is 9.97 Å². The Balaban J connectivity index is 1.78. The number of aryl methyl sites for hydroxylation is 1. The fourth-order valence-corrected chi connectivity index (χ4v) is 2.79. The fourth-order valence-electron chi connectivity index (χ4n) is 1.99. The molecular weight excluding hydrogens is 288 g/mol. The summed E-state index contributed by atoms with van der Waals surface area (Å²) in [6.07, 6.45) is 0. The summed E-state index contributed by atoms with van der Waals surface area (Å²) in [5.41, 5.74) is 0.931. The molecule has 0 radical (unpaired) electrons. The van der Waals surface area contributed by atoms with Gasteiger partial charge in [0.25, 0.3) is 5.91 Å². The predicted molar refractivity (Wildman–Crippen MR) is 81.6 cm³/mol. The van der Waals surface area contributed by atoms with E-state index in [9.17, 15) is 4.79 Å². The van der Waals surface area contributed by atoms with Crippen molar-refractivity contribution in [3.05, 3.63) is 40.9 Å². The summed E-state index contributed by atoms with van der Waals surface area (Å²) in [5, 5.41) is 7.75. The molecule has 0 unspecified atom stereocenters. The molecular formula is C14H14N4O2S. The van der Waals surface area contributed by atoms with Crippen molar-refractivity contribution < 1.29 is 9.21 Å². The van der Waals surface area contributed by atoms with Crippen LogP contribution in [0.15, 0.2) is 28.0 Å². The summed E-state index contributed by atoms with van der Waals surface area (Å²) >= 11 is 1.59. The molecule has 2 N–H and O–H groups in total. The number of hydrogen-bond acceptors (Lipinski definition) is 6. The van der Waals surface area contributed by atoms with Crippen LogP contribution in [-0.2, 0) is 6.54 Å². The quantitative estimate of drug-likeness (QED) is 0.774. The number of rotatable bonds is 4. The summed E-state index contributed by atoms with van der Waals surface area (Å²) in [4.78, 5) is 20.2. The van der Waals surface area contributed by atoms with Crippen LogP contribution in [0.5, 0.6) is 0 Å². The van der Waals surface area contributed by atoms with Gasteiger partial charge in [0.05, 0.1) is 16.8 Å². The average Bonchev–Trinajstić information content (AvgIpc) is 3.12. The molecule has 3 aromatic heterocycles. The molecule has 0 aliphatic heterocycles. The Labute approximate surface area is 125 Å². The molecule has 0 bridgehead atoms. The number of aromatic nitrogens is 2. The summed E-state index contributed by atoms with van der Waals surface area (Å²) in [6, 6.07) is 5.40. The SMILES string of the molecule is CNC(=O)c1ccc(CNc2nc(C)nc3ccsc23)o1. The molecule has 6 nitrogen and oxygen atoms in total. The first kappa shape index (κ1) is 13.6. The van der Waals surface area contributed by atoms with E-state index in [0.29, 0.717) is 23.9 Å². The second-order valence-electron chi connectivity index (χ2n) is 4.45. The zero-order valence-electron chi connectivity index (χ0n) is 11.6. The van der Waals surface area contributed by atoms with Gasteiger partial charge < -0.3 is 15.1 Å². The minimum absolute atomic E-state index is 0.236. The Hall–Kier alpha value is -2.41. The molecule has 0 spiro atoms. The molecule has 0 fully saturated rings. The highest BCUT2D eigenvalue weighted by molar-refractivity contribution is 7.17. The van der Waals surface area contributed by atoms with Gasteiger partial charge >= 0.3 is 0 Å². The Kier molecular flexibility index (Phi) is 3.57. The number of nitrogens with zero attached hydrogens (tertiary/aromatic N) is 2. The van der Waals surface area contributed by atoms with Crippen molar-refractivity contribution in [2.24, 2.45) is 0 Å². The lowest BCUT2D eigenvalue weighted by molar-refractivity contribution is 0.0934. The lowest BCUT2D eigenvalue weighted by Gasteiger charge is -2.05. The van der Waals surface area contributed by atoms with Crippen LogP contribution >= 0.6 is 11.3 Å². The molecule has 7 heteroatoms. The van der Waals surface area contributed by atoms with Crippen molar-refractivity contribution in [3.63, 3.8) is 0 Å². The van der Waals surface area contributed by atoms with Crippen molar-refractivity contribution in [2.75, 3.05) is 12.4 Å². The predicted octanol–water partition coefficient (Wildman–Crippen LogP) is 2.56. The third-order valence-electron chi connectivity index (χ3n) is 2.96. The Morgan fingerprint density at radius 2 is 2.19 bits per heavy atom. The first-order chi connectivity index (χ1) is 10.2. The second-order valence-corrected chi connectivity index (χ2v) is 5.37. The fraction of sp³-hybridized carbons (Fsp3) is 0.214. The van der Waals surface area contributed by atoms with Gasteiger partial charge in [-0.05, 0) is 30.5 Å². The molecule has 108 valence electrons. The zero-order valence-corrected chi connectivity index (χ0v) is 12.5. The van der Waals surface area contributed by atoms with Gasteiger partial charge in [0, 0.05) is 7.05 Å². The van der Waals surface area contributed by atoms with Gasteiger partial charge in [-0.2, -0.15) is 0 Å². The maximum atomic E-state index is 11.4. The normalized spacial score (nSPS) is 10.8. The molecule has 3 heterocycles. The maximum absolute atomic E-state index is 11.4. The molecule has 1 amide bonds. The number of hydrogen-bond donors (Lipinski definition) is 2. The summed E-state index contributed by atoms with van der Waals surface area (Å²) < 4.78 is 6.48. The van der Waals surface area contributed by atoms with E-state index in [2.05, 4.69) is 20.6 Å². The highest BCUT2D eigenvalue weighted by Gasteiger charge is 2.11. The van der Waals surface area contributed by atoms with E-state index < -0.39 is 0 Å². The summed E-state index contributed by atoms with van der Waals surface area (Å²) in [6.45, 7) is 2.32. The number of carbonyl (C=O) groups is 1. The zero-order chi connectivity index (χ0) is 14.8. The second kappa shape index (κ2) is 5.53. The molecule has 0 aromatic carbocycles. The van der Waals surface area contributed by atoms with E-state index in [1.54, 1.807) is 30.5 Å². The average molecular weight is 302 g/mol. The Morgan fingerprint density at radius 1 is 1.33 bits per heavy atom. The molecule has 0 saturated heterocycles. The minimum atomic E-state index is -0.236. The van der Waals surface area contributed by atoms with E-state index in [0.717, 1.165) is 16.0 Å². The van der Waals surface area contributed by atoms with E-state index in [1.165, 1.54) is 0 Å². The van der Waals surface area contributed by atoms with Crippen LogP contribution in [0.2, 0.25) is 0 Å². The van der Waals surface area contributed by atoms with Crippen LogP contribution < -0.4 is 10.6 Å². The van der Waals surface area contributed by atoms with Crippen LogP contribution in [0.4, 0.5) is 5.82 Å². The van der Waals surface area contributed by atoms with Gasteiger partial charge in [0.1, 0.15) is 17.4 Å². The van der Waals surface area contributed by atoms with Crippen LogP contribution in [0.25, 0.3) is 10.2 Å². The molecule has 0 aliphatic carbocycles. The van der Waals surface area contributed by atoms with E-state index in [-0.39, 0.29) is 5.91 Å². The highest BCUT2D eigenvalue weighted by atomic mass is 32.1. The number of carbonyl (C=O) groups excluding carboxylic acids is 1. The molecule has 0 saturated carbocycles. The number of anilines is 1. The molecule has 3 rings (SSSR count). The monoisotopic (exact) mass is 302 g/mol. The van der Waals surface area contributed by atoms with Gasteiger partial charge in [-0.3, -0.25) is 4.79 Å². The largest absolute Gasteiger partial charge is 0.454 e. The molecule has 21 heavy (non-hydrogen) atoms. The van der Waals surface area contributed by atoms with Crippen LogP contribution in [0, 0.1) is 6.92 Å². The van der Waals surface area contributed by atoms with Gasteiger partial charge in [-0.1, -0.05) is 0 Å². The van der Waals surface area contributed by atoms with Crippen LogP contribution in [0.3, 0.4) is 0 Å². The number of furan rings is 1. The third kappa shape index (κ3) is 2.73. The maximum Gasteiger partial charge on any atom is 0.286 e. The van der Waals surface area contributed by atoms with Crippen molar-refractivity contribution in [3.8, 4) is 0 Å². The molecule has 0 atom stereocenters. The lowest BCUT2D eigenvalue weighted by Crippen LogP contribution is -2.16. The van der Waals surface area contributed by atoms with Gasteiger partial charge in [0.15, 0.2) is 5.76 Å². The first-order valence-corrected chi connectivity index (χ1v) is 7.32. The van der Waals surface area contributed by atoms with Crippen LogP contribution in [0.1, 0.15) is 22.1 Å². The number of thiophene rings is 1. The smallest absolute Gasteiger partial charge is 0.286 e. The molecule has 3 aromatic rings. The minimum Gasteiger partial charge on any atom is -0.454 e. The highest BCUT2D eigenvalue weighted by Crippen LogP contribution is 2.26. The van der Waals surface area contributed by atoms with E-state index in [1.807, 2.05) is 18.4 Å². The van der Waals surface area contributed by atoms with E-state index in [4.69, 9.17) is 4.42 Å². The van der Waals surface area contributed by atoms with Gasteiger partial charge in [-0.15, -0.1) is 11.3 Å². The van der Waals surface area contributed by atoms with Crippen molar-refractivity contribution in [1.82, 2.24) is 15.3 Å². The lowest BCUT2D eigenvalue weighted by atomic mass is 10.4. The standard InChI is InChI=1S/C14H14N4O2S/c1-8-17-10-5-6-21-12(10)13(18-8)16-7-9-3-4-11(20-9)14(19)15-2/h3-6H,7H2,1-2H3,(H,15,19)(H,16,17,18). The van der Waals surface area contributed by atoms with Crippen LogP contribution in [-0.4, -0.2) is 22.9 Å².